The third-order valence-electron chi connectivity index (χ3n) is 5.92. The van der Waals surface area contributed by atoms with E-state index in [-0.39, 0.29) is 8.88 Å². The van der Waals surface area contributed by atoms with E-state index in [1.807, 2.05) is 37.3 Å². The standard InChI is InChI=1S/C24H28N8O2.2H2/c1-2-25-24(33)28-18-6-4-17(5-7-18)21-29-20-8-11-32(23-26-9-3-10-27-23)16-19(20)22(30-21)31-12-14-34-15-13-31;;/h3-7,9-10H,2,8,11-16H2,1H3,(H2,25,28,33);2*1H. The van der Waals surface area contributed by atoms with Gasteiger partial charge in [-0.15, -0.1) is 0 Å². The summed E-state index contributed by atoms with van der Waals surface area (Å²) < 4.78 is 5.58. The third-order valence-corrected chi connectivity index (χ3v) is 5.92. The number of carbonyl (C=O) groups is 1. The highest BCUT2D eigenvalue weighted by molar-refractivity contribution is 5.89. The second-order valence-corrected chi connectivity index (χ2v) is 8.18. The first kappa shape index (κ1) is 22.0. The molecule has 3 aromatic rings. The van der Waals surface area contributed by atoms with Crippen LogP contribution in [0.3, 0.4) is 0 Å². The number of hydrogen-bond donors (Lipinski definition) is 2. The van der Waals surface area contributed by atoms with E-state index in [1.54, 1.807) is 12.4 Å². The summed E-state index contributed by atoms with van der Waals surface area (Å²) in [6, 6.07) is 9.24. The summed E-state index contributed by atoms with van der Waals surface area (Å²) in [4.78, 5) is 35.1. The van der Waals surface area contributed by atoms with Gasteiger partial charge in [-0.2, -0.15) is 0 Å². The number of benzene rings is 1. The number of nitrogens with zero attached hydrogens (tertiary/aromatic N) is 6. The molecule has 0 aliphatic carbocycles. The monoisotopic (exact) mass is 464 g/mol. The molecule has 0 saturated carbocycles. The van der Waals surface area contributed by atoms with E-state index in [9.17, 15) is 4.79 Å². The van der Waals surface area contributed by atoms with Crippen molar-refractivity contribution in [2.45, 2.75) is 19.9 Å². The van der Waals surface area contributed by atoms with Crippen LogP contribution in [0.1, 0.15) is 21.0 Å². The molecule has 1 aromatic carbocycles. The maximum atomic E-state index is 11.8. The van der Waals surface area contributed by atoms with Gasteiger partial charge in [-0.05, 0) is 37.3 Å². The van der Waals surface area contributed by atoms with E-state index >= 15 is 0 Å². The van der Waals surface area contributed by atoms with Crippen LogP contribution in [-0.2, 0) is 17.7 Å². The predicted molar refractivity (Wildman–Crippen MR) is 134 cm³/mol. The maximum Gasteiger partial charge on any atom is 0.319 e. The molecular formula is C24H32N8O2. The number of urea groups is 1. The molecule has 2 aromatic heterocycles. The van der Waals surface area contributed by atoms with Crippen molar-refractivity contribution in [2.75, 3.05) is 54.5 Å². The van der Waals surface area contributed by atoms with Gasteiger partial charge in [0.15, 0.2) is 5.82 Å². The number of anilines is 3. The number of morpholine rings is 1. The van der Waals surface area contributed by atoms with Gasteiger partial charge in [-0.3, -0.25) is 0 Å². The molecule has 1 saturated heterocycles. The van der Waals surface area contributed by atoms with Gasteiger partial charge in [0.1, 0.15) is 5.82 Å². The molecule has 2 aliphatic rings. The Bertz CT molecular complexity index is 1140. The number of fused-ring (bicyclic) bond motifs is 1. The number of amides is 2. The van der Waals surface area contributed by atoms with Crippen LogP contribution in [0.2, 0.25) is 0 Å². The van der Waals surface area contributed by atoms with E-state index in [0.717, 1.165) is 60.3 Å². The molecule has 1 fully saturated rings. The van der Waals surface area contributed by atoms with Crippen LogP contribution in [-0.4, -0.2) is 65.4 Å². The lowest BCUT2D eigenvalue weighted by molar-refractivity contribution is 0.122. The van der Waals surface area contributed by atoms with E-state index in [4.69, 9.17) is 14.7 Å². The Labute approximate surface area is 201 Å². The molecule has 5 rings (SSSR count). The zero-order valence-corrected chi connectivity index (χ0v) is 19.2. The lowest BCUT2D eigenvalue weighted by atomic mass is 10.0. The molecule has 180 valence electrons. The van der Waals surface area contributed by atoms with E-state index in [2.05, 4.69) is 30.4 Å². The van der Waals surface area contributed by atoms with Crippen LogP contribution in [0, 0.1) is 0 Å². The Hall–Kier alpha value is -3.79. The average molecular weight is 465 g/mol. The van der Waals surface area contributed by atoms with Crippen LogP contribution in [0.25, 0.3) is 11.4 Å². The highest BCUT2D eigenvalue weighted by Crippen LogP contribution is 2.31. The first-order chi connectivity index (χ1) is 16.7. The van der Waals surface area contributed by atoms with Crippen molar-refractivity contribution in [3.63, 3.8) is 0 Å². The molecule has 2 amide bonds. The molecule has 34 heavy (non-hydrogen) atoms. The summed E-state index contributed by atoms with van der Waals surface area (Å²) >= 11 is 0. The maximum absolute atomic E-state index is 11.8. The third kappa shape index (κ3) is 4.76. The van der Waals surface area contributed by atoms with Gasteiger partial charge in [0.25, 0.3) is 0 Å². The quantitative estimate of drug-likeness (QED) is 0.593. The first-order valence-electron chi connectivity index (χ1n) is 11.6. The average Bonchev–Trinajstić information content (AvgIpc) is 2.89. The van der Waals surface area contributed by atoms with Gasteiger partial charge < -0.3 is 25.2 Å². The van der Waals surface area contributed by atoms with Crippen molar-refractivity contribution in [1.29, 1.82) is 0 Å². The van der Waals surface area contributed by atoms with Crippen LogP contribution < -0.4 is 20.4 Å². The Morgan fingerprint density at radius 2 is 1.82 bits per heavy atom. The minimum absolute atomic E-state index is 0. The Morgan fingerprint density at radius 1 is 1.06 bits per heavy atom. The van der Waals surface area contributed by atoms with Crippen LogP contribution in [0.5, 0.6) is 0 Å². The number of nitrogens with one attached hydrogen (secondary N) is 2. The SMILES string of the molecule is CCNC(=O)Nc1ccc(-c2nc3c(c(N4CCOCC4)n2)CN(c2ncccn2)CC3)cc1.[HH].[HH]. The summed E-state index contributed by atoms with van der Waals surface area (Å²) in [6.45, 7) is 6.87. The summed E-state index contributed by atoms with van der Waals surface area (Å²) in [7, 11) is 0. The fourth-order valence-corrected chi connectivity index (χ4v) is 4.23. The number of carbonyl (C=O) groups excluding carboxylic acids is 1. The fraction of sp³-hybridized carbons (Fsp3) is 0.375. The van der Waals surface area contributed by atoms with E-state index in [1.165, 1.54) is 0 Å². The highest BCUT2D eigenvalue weighted by Gasteiger charge is 2.27. The van der Waals surface area contributed by atoms with Crippen LogP contribution in [0.4, 0.5) is 22.2 Å². The van der Waals surface area contributed by atoms with Crippen molar-refractivity contribution in [3.05, 3.63) is 54.0 Å². The van der Waals surface area contributed by atoms with Gasteiger partial charge in [0.2, 0.25) is 5.95 Å². The normalized spacial score (nSPS) is 15.6. The topological polar surface area (TPSA) is 108 Å². The zero-order valence-electron chi connectivity index (χ0n) is 19.2. The molecular weight excluding hydrogens is 432 g/mol. The smallest absolute Gasteiger partial charge is 0.319 e. The molecule has 0 unspecified atom stereocenters. The van der Waals surface area contributed by atoms with Crippen molar-refractivity contribution in [3.8, 4) is 11.4 Å². The fourth-order valence-electron chi connectivity index (χ4n) is 4.23. The summed E-state index contributed by atoms with van der Waals surface area (Å²) in [5, 5.41) is 5.55. The van der Waals surface area contributed by atoms with E-state index in [0.29, 0.717) is 32.1 Å². The Balaban J connectivity index is 0.00000180. The Morgan fingerprint density at radius 3 is 2.56 bits per heavy atom. The van der Waals surface area contributed by atoms with Gasteiger partial charge in [-0.1, -0.05) is 0 Å². The first-order valence-corrected chi connectivity index (χ1v) is 11.6. The van der Waals surface area contributed by atoms with E-state index < -0.39 is 0 Å². The van der Waals surface area contributed by atoms with Crippen molar-refractivity contribution in [2.24, 2.45) is 0 Å². The molecule has 0 atom stereocenters. The van der Waals surface area contributed by atoms with Crippen molar-refractivity contribution >= 4 is 23.5 Å². The lowest BCUT2D eigenvalue weighted by Crippen LogP contribution is -2.40. The molecule has 4 heterocycles. The number of ether oxygens (including phenoxy) is 1. The molecule has 0 radical (unpaired) electrons. The molecule has 2 N–H and O–H groups in total. The highest BCUT2D eigenvalue weighted by atomic mass is 16.5. The molecule has 2 aliphatic heterocycles. The van der Waals surface area contributed by atoms with Gasteiger partial charge in [0.05, 0.1) is 25.5 Å². The minimum atomic E-state index is -0.221. The molecule has 0 spiro atoms. The number of aromatic nitrogens is 4. The van der Waals surface area contributed by atoms with Crippen molar-refractivity contribution in [1.82, 2.24) is 25.3 Å². The molecule has 10 nitrogen and oxygen atoms in total. The second kappa shape index (κ2) is 10.0. The summed E-state index contributed by atoms with van der Waals surface area (Å²) in [5.74, 6) is 2.36. The Kier molecular flexibility index (Phi) is 6.48. The lowest BCUT2D eigenvalue weighted by Gasteiger charge is -2.34. The second-order valence-electron chi connectivity index (χ2n) is 8.18. The minimum Gasteiger partial charge on any atom is -0.378 e. The zero-order chi connectivity index (χ0) is 23.3. The van der Waals surface area contributed by atoms with Gasteiger partial charge >= 0.3 is 6.03 Å². The van der Waals surface area contributed by atoms with Crippen molar-refractivity contribution < 1.29 is 12.4 Å². The summed E-state index contributed by atoms with van der Waals surface area (Å²) in [6.07, 6.45) is 4.33. The molecule has 10 heteroatoms. The van der Waals surface area contributed by atoms with Gasteiger partial charge in [0, 0.05) is 64.7 Å². The van der Waals surface area contributed by atoms with Crippen LogP contribution >= 0.6 is 0 Å². The summed E-state index contributed by atoms with van der Waals surface area (Å²) in [5.41, 5.74) is 3.81. The van der Waals surface area contributed by atoms with Crippen LogP contribution in [0.15, 0.2) is 42.7 Å². The van der Waals surface area contributed by atoms with Gasteiger partial charge in [-0.25, -0.2) is 24.7 Å². The number of rotatable bonds is 5. The predicted octanol–water partition coefficient (Wildman–Crippen LogP) is 2.97. The largest absolute Gasteiger partial charge is 0.378 e. The molecule has 0 bridgehead atoms. The number of hydrogen-bond acceptors (Lipinski definition) is 8.